The van der Waals surface area contributed by atoms with E-state index >= 15 is 0 Å². The van der Waals surface area contributed by atoms with Crippen molar-refractivity contribution in [3.05, 3.63) is 35.9 Å². The summed E-state index contributed by atoms with van der Waals surface area (Å²) in [5.41, 5.74) is 1.48. The Morgan fingerprint density at radius 3 is 2.58 bits per heavy atom. The van der Waals surface area contributed by atoms with Gasteiger partial charge in [-0.2, -0.15) is 0 Å². The molecule has 0 radical (unpaired) electrons. The number of carbonyl (C=O) groups excluding carboxylic acids is 1. The fourth-order valence-electron chi connectivity index (χ4n) is 2.49. The van der Waals surface area contributed by atoms with Crippen LogP contribution in [0.5, 0.6) is 0 Å². The summed E-state index contributed by atoms with van der Waals surface area (Å²) in [7, 11) is 1.45. The first-order valence-electron chi connectivity index (χ1n) is 6.88. The Labute approximate surface area is 115 Å². The number of hydrogen-bond acceptors (Lipinski definition) is 3. The average Bonchev–Trinajstić information content (AvgIpc) is 3.02. The maximum atomic E-state index is 11.9. The van der Waals surface area contributed by atoms with Crippen molar-refractivity contribution in [1.29, 1.82) is 0 Å². The van der Waals surface area contributed by atoms with Gasteiger partial charge < -0.3 is 10.1 Å². The first-order chi connectivity index (χ1) is 9.04. The van der Waals surface area contributed by atoms with E-state index in [-0.39, 0.29) is 11.9 Å². The fourth-order valence-corrected chi connectivity index (χ4v) is 2.49. The molecule has 0 aromatic heterocycles. The first kappa shape index (κ1) is 14.1. The molecule has 2 rings (SSSR count). The van der Waals surface area contributed by atoms with Gasteiger partial charge in [-0.3, -0.25) is 4.79 Å². The Morgan fingerprint density at radius 2 is 2.05 bits per heavy atom. The minimum Gasteiger partial charge on any atom is -0.469 e. The van der Waals surface area contributed by atoms with Crippen LogP contribution in [0.4, 0.5) is 0 Å². The Kier molecular flexibility index (Phi) is 4.25. The van der Waals surface area contributed by atoms with Crippen molar-refractivity contribution in [2.24, 2.45) is 11.3 Å². The summed E-state index contributed by atoms with van der Waals surface area (Å²) in [6.07, 6.45) is 1.27. The second-order valence-electron chi connectivity index (χ2n) is 6.03. The Balaban J connectivity index is 1.90. The summed E-state index contributed by atoms with van der Waals surface area (Å²) < 4.78 is 4.90. The van der Waals surface area contributed by atoms with Gasteiger partial charge in [0.2, 0.25) is 0 Å². The topological polar surface area (TPSA) is 38.3 Å². The molecule has 19 heavy (non-hydrogen) atoms. The molecule has 1 fully saturated rings. The highest BCUT2D eigenvalue weighted by atomic mass is 16.5. The zero-order valence-corrected chi connectivity index (χ0v) is 12.0. The lowest BCUT2D eigenvalue weighted by Gasteiger charge is -2.16. The summed E-state index contributed by atoms with van der Waals surface area (Å²) >= 11 is 0. The Morgan fingerprint density at radius 1 is 1.42 bits per heavy atom. The lowest BCUT2D eigenvalue weighted by molar-refractivity contribution is -0.142. The van der Waals surface area contributed by atoms with Crippen LogP contribution in [0.3, 0.4) is 0 Å². The van der Waals surface area contributed by atoms with E-state index in [2.05, 4.69) is 19.2 Å². The summed E-state index contributed by atoms with van der Waals surface area (Å²) in [5, 5.41) is 3.42. The van der Waals surface area contributed by atoms with Gasteiger partial charge in [-0.15, -0.1) is 0 Å². The molecular weight excluding hydrogens is 238 g/mol. The molecule has 1 aliphatic carbocycles. The van der Waals surface area contributed by atoms with Crippen molar-refractivity contribution in [2.75, 3.05) is 20.2 Å². The van der Waals surface area contributed by atoms with Crippen LogP contribution in [0.25, 0.3) is 0 Å². The largest absolute Gasteiger partial charge is 0.469 e. The van der Waals surface area contributed by atoms with Gasteiger partial charge in [-0.05, 0) is 29.9 Å². The van der Waals surface area contributed by atoms with Gasteiger partial charge in [0, 0.05) is 6.54 Å². The third-order valence-corrected chi connectivity index (χ3v) is 4.14. The highest BCUT2D eigenvalue weighted by molar-refractivity contribution is 5.78. The molecule has 0 bridgehead atoms. The SMILES string of the molecule is COC(=O)C(CNCC1CC1(C)C)c1ccccc1. The van der Waals surface area contributed by atoms with Crippen molar-refractivity contribution in [3.8, 4) is 0 Å². The normalized spacial score (nSPS) is 21.7. The van der Waals surface area contributed by atoms with E-state index < -0.39 is 0 Å². The fraction of sp³-hybridized carbons (Fsp3) is 0.562. The third kappa shape index (κ3) is 3.57. The number of rotatable bonds is 6. The Hall–Kier alpha value is -1.35. The van der Waals surface area contributed by atoms with Crippen LogP contribution < -0.4 is 5.32 Å². The molecule has 0 aliphatic heterocycles. The van der Waals surface area contributed by atoms with Crippen LogP contribution in [0.2, 0.25) is 0 Å². The van der Waals surface area contributed by atoms with Crippen LogP contribution in [0.1, 0.15) is 31.7 Å². The second kappa shape index (κ2) is 5.74. The quantitative estimate of drug-likeness (QED) is 0.800. The minimum absolute atomic E-state index is 0.172. The molecule has 1 aromatic carbocycles. The predicted octanol–water partition coefficient (Wildman–Crippen LogP) is 2.58. The van der Waals surface area contributed by atoms with Crippen LogP contribution in [0.15, 0.2) is 30.3 Å². The van der Waals surface area contributed by atoms with E-state index in [4.69, 9.17) is 4.74 Å². The Bertz CT molecular complexity index is 428. The molecule has 3 heteroatoms. The third-order valence-electron chi connectivity index (χ3n) is 4.14. The number of hydrogen-bond donors (Lipinski definition) is 1. The number of esters is 1. The molecular formula is C16H23NO2. The molecule has 0 spiro atoms. The molecule has 0 heterocycles. The van der Waals surface area contributed by atoms with Gasteiger partial charge >= 0.3 is 5.97 Å². The summed E-state index contributed by atoms with van der Waals surface area (Å²) in [6, 6.07) is 9.82. The molecule has 2 unspecified atom stereocenters. The van der Waals surface area contributed by atoms with Gasteiger partial charge in [0.15, 0.2) is 0 Å². The minimum atomic E-state index is -0.215. The monoisotopic (exact) mass is 261 g/mol. The highest BCUT2D eigenvalue weighted by Gasteiger charge is 2.44. The summed E-state index contributed by atoms with van der Waals surface area (Å²) in [5.74, 6) is 0.350. The standard InChI is InChI=1S/C16H23NO2/c1-16(2)9-13(16)10-17-11-14(15(18)19-3)12-7-5-4-6-8-12/h4-8,13-14,17H,9-11H2,1-3H3. The van der Waals surface area contributed by atoms with E-state index in [9.17, 15) is 4.79 Å². The number of benzene rings is 1. The van der Waals surface area contributed by atoms with Crippen molar-refractivity contribution in [2.45, 2.75) is 26.2 Å². The smallest absolute Gasteiger partial charge is 0.314 e. The zero-order chi connectivity index (χ0) is 13.9. The van der Waals surface area contributed by atoms with Gasteiger partial charge in [0.25, 0.3) is 0 Å². The maximum absolute atomic E-state index is 11.9. The van der Waals surface area contributed by atoms with E-state index in [1.165, 1.54) is 13.5 Å². The van der Waals surface area contributed by atoms with Crippen LogP contribution in [-0.2, 0) is 9.53 Å². The van der Waals surface area contributed by atoms with E-state index in [0.29, 0.717) is 12.0 Å². The molecule has 104 valence electrons. The number of ether oxygens (including phenoxy) is 1. The van der Waals surface area contributed by atoms with E-state index in [1.807, 2.05) is 30.3 Å². The zero-order valence-electron chi connectivity index (χ0n) is 12.0. The van der Waals surface area contributed by atoms with Crippen molar-refractivity contribution >= 4 is 5.97 Å². The second-order valence-corrected chi connectivity index (χ2v) is 6.03. The van der Waals surface area contributed by atoms with Gasteiger partial charge in [-0.25, -0.2) is 0 Å². The molecule has 3 nitrogen and oxygen atoms in total. The first-order valence-corrected chi connectivity index (χ1v) is 6.88. The van der Waals surface area contributed by atoms with Gasteiger partial charge in [0.05, 0.1) is 13.0 Å². The van der Waals surface area contributed by atoms with Crippen LogP contribution >= 0.6 is 0 Å². The number of methoxy groups -OCH3 is 1. The van der Waals surface area contributed by atoms with Gasteiger partial charge in [-0.1, -0.05) is 44.2 Å². The lowest BCUT2D eigenvalue weighted by atomic mass is 9.99. The summed E-state index contributed by atoms with van der Waals surface area (Å²) in [6.45, 7) is 6.19. The van der Waals surface area contributed by atoms with E-state index in [1.54, 1.807) is 0 Å². The predicted molar refractivity (Wildman–Crippen MR) is 76.0 cm³/mol. The van der Waals surface area contributed by atoms with E-state index in [0.717, 1.165) is 18.0 Å². The number of nitrogens with one attached hydrogen (secondary N) is 1. The number of carbonyl (C=O) groups is 1. The van der Waals surface area contributed by atoms with Crippen LogP contribution in [-0.4, -0.2) is 26.2 Å². The summed E-state index contributed by atoms with van der Waals surface area (Å²) in [4.78, 5) is 11.9. The molecule has 1 saturated carbocycles. The average molecular weight is 261 g/mol. The van der Waals surface area contributed by atoms with Gasteiger partial charge in [0.1, 0.15) is 0 Å². The molecule has 1 aromatic rings. The molecule has 1 N–H and O–H groups in total. The molecule has 1 aliphatic rings. The van der Waals surface area contributed by atoms with Crippen molar-refractivity contribution < 1.29 is 9.53 Å². The lowest BCUT2D eigenvalue weighted by Crippen LogP contribution is -2.29. The van der Waals surface area contributed by atoms with Crippen molar-refractivity contribution in [1.82, 2.24) is 5.32 Å². The molecule has 0 amide bonds. The highest BCUT2D eigenvalue weighted by Crippen LogP contribution is 2.50. The van der Waals surface area contributed by atoms with Crippen molar-refractivity contribution in [3.63, 3.8) is 0 Å². The van der Waals surface area contributed by atoms with Crippen LogP contribution in [0, 0.1) is 11.3 Å². The molecule has 2 atom stereocenters. The maximum Gasteiger partial charge on any atom is 0.314 e. The molecule has 0 saturated heterocycles.